The summed E-state index contributed by atoms with van der Waals surface area (Å²) in [6.07, 6.45) is -0.465. The number of rotatable bonds is 5. The van der Waals surface area contributed by atoms with Crippen LogP contribution in [-0.2, 0) is 4.74 Å². The molecule has 2 N–H and O–H groups in total. The van der Waals surface area contributed by atoms with Gasteiger partial charge in [0.2, 0.25) is 0 Å². The highest BCUT2D eigenvalue weighted by molar-refractivity contribution is 5.67. The molecule has 21 heavy (non-hydrogen) atoms. The molecule has 1 amide bonds. The average molecular weight is 298 g/mol. The summed E-state index contributed by atoms with van der Waals surface area (Å²) >= 11 is 0. The number of anilines is 1. The normalized spacial score (nSPS) is 12.5. The molecule has 0 spiro atoms. The summed E-state index contributed by atoms with van der Waals surface area (Å²) in [5.74, 6) is -0.241. The summed E-state index contributed by atoms with van der Waals surface area (Å²) in [5, 5.41) is 5.82. The van der Waals surface area contributed by atoms with Crippen LogP contribution in [0.3, 0.4) is 0 Å². The largest absolute Gasteiger partial charge is 0.494 e. The minimum Gasteiger partial charge on any atom is -0.494 e. The van der Waals surface area contributed by atoms with E-state index in [0.29, 0.717) is 12.2 Å². The number of hydrogen-bond donors (Lipinski definition) is 2. The highest BCUT2D eigenvalue weighted by Gasteiger charge is 2.16. The number of nitrogens with one attached hydrogen (secondary N) is 2. The minimum absolute atomic E-state index is 0.0484. The molecule has 1 rings (SSSR count). The monoisotopic (exact) mass is 298 g/mol. The van der Waals surface area contributed by atoms with Gasteiger partial charge < -0.3 is 20.1 Å². The molecule has 0 aromatic heterocycles. The molecule has 0 heterocycles. The van der Waals surface area contributed by atoms with E-state index in [1.165, 1.54) is 13.2 Å². The van der Waals surface area contributed by atoms with Crippen molar-refractivity contribution in [3.05, 3.63) is 24.0 Å². The average Bonchev–Trinajstić information content (AvgIpc) is 2.36. The molecule has 0 aliphatic rings. The molecular formula is C15H23FN2O3. The highest BCUT2D eigenvalue weighted by atomic mass is 19.1. The van der Waals surface area contributed by atoms with Crippen molar-refractivity contribution in [2.24, 2.45) is 0 Å². The van der Waals surface area contributed by atoms with Crippen LogP contribution in [0.4, 0.5) is 14.9 Å². The maximum Gasteiger partial charge on any atom is 0.407 e. The van der Waals surface area contributed by atoms with Gasteiger partial charge in [-0.25, -0.2) is 9.18 Å². The molecule has 0 aliphatic heterocycles. The number of alkyl carbamates (subject to hydrolysis) is 1. The van der Waals surface area contributed by atoms with Crippen LogP contribution in [0.25, 0.3) is 0 Å². The molecule has 0 fully saturated rings. The van der Waals surface area contributed by atoms with Crippen molar-refractivity contribution in [1.82, 2.24) is 5.32 Å². The third-order valence-corrected chi connectivity index (χ3v) is 2.52. The summed E-state index contributed by atoms with van der Waals surface area (Å²) < 4.78 is 23.4. The topological polar surface area (TPSA) is 59.6 Å². The van der Waals surface area contributed by atoms with Crippen LogP contribution in [0.5, 0.6) is 5.75 Å². The van der Waals surface area contributed by atoms with Gasteiger partial charge in [0.15, 0.2) is 11.6 Å². The lowest BCUT2D eigenvalue weighted by atomic mass is 10.2. The van der Waals surface area contributed by atoms with Gasteiger partial charge in [-0.2, -0.15) is 0 Å². The number of carbonyl (C=O) groups excluding carboxylic acids is 1. The fourth-order valence-electron chi connectivity index (χ4n) is 1.64. The van der Waals surface area contributed by atoms with Crippen molar-refractivity contribution in [3.8, 4) is 5.75 Å². The van der Waals surface area contributed by atoms with Crippen LogP contribution in [0.2, 0.25) is 0 Å². The first-order valence-corrected chi connectivity index (χ1v) is 6.78. The Morgan fingerprint density at radius 1 is 1.38 bits per heavy atom. The second-order valence-corrected chi connectivity index (χ2v) is 5.78. The van der Waals surface area contributed by atoms with Gasteiger partial charge in [0.1, 0.15) is 5.60 Å². The Bertz CT molecular complexity index is 486. The lowest BCUT2D eigenvalue weighted by Crippen LogP contribution is -2.38. The Kier molecular flexibility index (Phi) is 5.81. The maximum absolute atomic E-state index is 13.3. The van der Waals surface area contributed by atoms with E-state index in [4.69, 9.17) is 9.47 Å². The van der Waals surface area contributed by atoms with E-state index >= 15 is 0 Å². The van der Waals surface area contributed by atoms with Crippen molar-refractivity contribution in [2.45, 2.75) is 39.3 Å². The van der Waals surface area contributed by atoms with Crippen molar-refractivity contribution < 1.29 is 18.7 Å². The van der Waals surface area contributed by atoms with E-state index in [1.54, 1.807) is 32.9 Å². The number of halogens is 1. The van der Waals surface area contributed by atoms with E-state index in [0.717, 1.165) is 0 Å². The van der Waals surface area contributed by atoms with E-state index < -0.39 is 17.5 Å². The Hall–Kier alpha value is -1.98. The quantitative estimate of drug-likeness (QED) is 0.876. The molecule has 5 nitrogen and oxygen atoms in total. The molecule has 0 bridgehead atoms. The van der Waals surface area contributed by atoms with Crippen LogP contribution in [0, 0.1) is 5.82 Å². The third-order valence-electron chi connectivity index (χ3n) is 2.52. The summed E-state index contributed by atoms with van der Waals surface area (Å²) in [4.78, 5) is 11.5. The first-order valence-electron chi connectivity index (χ1n) is 6.78. The SMILES string of the molecule is COc1cc(NC(C)CNC(=O)OC(C)(C)C)ccc1F. The first-order chi connectivity index (χ1) is 9.71. The van der Waals surface area contributed by atoms with E-state index in [2.05, 4.69) is 10.6 Å². The second-order valence-electron chi connectivity index (χ2n) is 5.78. The second kappa shape index (κ2) is 7.15. The predicted molar refractivity (Wildman–Crippen MR) is 80.3 cm³/mol. The summed E-state index contributed by atoms with van der Waals surface area (Å²) in [6, 6.07) is 4.46. The fraction of sp³-hybridized carbons (Fsp3) is 0.533. The minimum atomic E-state index is -0.523. The molecule has 1 unspecified atom stereocenters. The van der Waals surface area contributed by atoms with Crippen molar-refractivity contribution >= 4 is 11.8 Å². The Labute approximate surface area is 124 Å². The lowest BCUT2D eigenvalue weighted by Gasteiger charge is -2.21. The molecule has 0 aliphatic carbocycles. The van der Waals surface area contributed by atoms with Gasteiger partial charge in [0.25, 0.3) is 0 Å². The molecule has 6 heteroatoms. The van der Waals surface area contributed by atoms with Crippen LogP contribution >= 0.6 is 0 Å². The van der Waals surface area contributed by atoms with Crippen LogP contribution in [-0.4, -0.2) is 31.4 Å². The Morgan fingerprint density at radius 2 is 2.05 bits per heavy atom. The number of methoxy groups -OCH3 is 1. The van der Waals surface area contributed by atoms with E-state index in [1.807, 2.05) is 6.92 Å². The number of carbonyl (C=O) groups is 1. The number of amides is 1. The first kappa shape index (κ1) is 17.1. The zero-order valence-corrected chi connectivity index (χ0v) is 13.1. The molecule has 1 atom stereocenters. The molecule has 1 aromatic carbocycles. The van der Waals surface area contributed by atoms with Gasteiger partial charge in [0, 0.05) is 24.3 Å². The van der Waals surface area contributed by atoms with Gasteiger partial charge in [-0.1, -0.05) is 0 Å². The molecule has 0 radical (unpaired) electrons. The number of ether oxygens (including phenoxy) is 2. The standard InChI is InChI=1S/C15H23FN2O3/c1-10(9-17-14(19)21-15(2,3)4)18-11-6-7-12(16)13(8-11)20-5/h6-8,10,18H,9H2,1-5H3,(H,17,19). The predicted octanol–water partition coefficient (Wildman–Crippen LogP) is 3.16. The Balaban J connectivity index is 2.47. The third kappa shape index (κ3) is 6.33. The lowest BCUT2D eigenvalue weighted by molar-refractivity contribution is 0.0526. The van der Waals surface area contributed by atoms with Gasteiger partial charge in [-0.3, -0.25) is 0 Å². The number of benzene rings is 1. The molecular weight excluding hydrogens is 275 g/mol. The maximum atomic E-state index is 13.3. The van der Waals surface area contributed by atoms with Crippen molar-refractivity contribution in [1.29, 1.82) is 0 Å². The zero-order valence-electron chi connectivity index (χ0n) is 13.1. The zero-order chi connectivity index (χ0) is 16.0. The van der Waals surface area contributed by atoms with E-state index in [9.17, 15) is 9.18 Å². The van der Waals surface area contributed by atoms with Crippen molar-refractivity contribution in [3.63, 3.8) is 0 Å². The van der Waals surface area contributed by atoms with E-state index in [-0.39, 0.29) is 11.8 Å². The highest BCUT2D eigenvalue weighted by Crippen LogP contribution is 2.21. The number of hydrogen-bond acceptors (Lipinski definition) is 4. The smallest absolute Gasteiger partial charge is 0.407 e. The molecule has 118 valence electrons. The molecule has 1 aromatic rings. The molecule has 0 saturated carbocycles. The van der Waals surface area contributed by atoms with Crippen LogP contribution in [0.15, 0.2) is 18.2 Å². The van der Waals surface area contributed by atoms with Crippen molar-refractivity contribution in [2.75, 3.05) is 19.0 Å². The van der Waals surface area contributed by atoms with Crippen LogP contribution in [0.1, 0.15) is 27.7 Å². The van der Waals surface area contributed by atoms with Gasteiger partial charge in [-0.05, 0) is 39.8 Å². The fourth-order valence-corrected chi connectivity index (χ4v) is 1.64. The summed E-state index contributed by atoms with van der Waals surface area (Å²) in [7, 11) is 1.41. The Morgan fingerprint density at radius 3 is 2.62 bits per heavy atom. The van der Waals surface area contributed by atoms with Gasteiger partial charge >= 0.3 is 6.09 Å². The van der Waals surface area contributed by atoms with Crippen LogP contribution < -0.4 is 15.4 Å². The van der Waals surface area contributed by atoms with Gasteiger partial charge in [-0.15, -0.1) is 0 Å². The summed E-state index contributed by atoms with van der Waals surface area (Å²) in [6.45, 7) is 7.69. The van der Waals surface area contributed by atoms with Gasteiger partial charge in [0.05, 0.1) is 7.11 Å². The summed E-state index contributed by atoms with van der Waals surface area (Å²) in [5.41, 5.74) is 0.192. The molecule has 0 saturated heterocycles.